The molecule has 9 heteroatoms. The number of carbonyl (C=O) groups is 4. The molecule has 33 heavy (non-hydrogen) atoms. The van der Waals surface area contributed by atoms with Crippen LogP contribution in [0.1, 0.15) is 28.9 Å². The van der Waals surface area contributed by atoms with Gasteiger partial charge in [-0.2, -0.15) is 0 Å². The standard InChI is InChI=1S/C24H27N5O4/c30-21(9-8-19-3-1-2-12-26-19)17-4-6-20(7-5-17)29-24(33)23(32)28-16-15-27-22(31)18-10-13-25-14-11-18/h1-9,12,18,25H,10-11,13-16H2,(H,27,31)(H,28,32)(H,29,33). The molecule has 3 amide bonds. The number of nitrogens with zero attached hydrogens (tertiary/aromatic N) is 1. The lowest BCUT2D eigenvalue weighted by Gasteiger charge is -2.21. The molecule has 1 aromatic carbocycles. The number of aromatic nitrogens is 1. The Morgan fingerprint density at radius 2 is 1.67 bits per heavy atom. The van der Waals surface area contributed by atoms with Crippen LogP contribution < -0.4 is 21.3 Å². The molecule has 1 aliphatic heterocycles. The van der Waals surface area contributed by atoms with Gasteiger partial charge < -0.3 is 21.3 Å². The second-order valence-corrected chi connectivity index (χ2v) is 7.55. The number of nitrogens with one attached hydrogen (secondary N) is 4. The Bertz CT molecular complexity index is 999. The minimum Gasteiger partial charge on any atom is -0.354 e. The summed E-state index contributed by atoms with van der Waals surface area (Å²) in [6.07, 6.45) is 6.28. The van der Waals surface area contributed by atoms with Crippen molar-refractivity contribution in [3.63, 3.8) is 0 Å². The van der Waals surface area contributed by atoms with Gasteiger partial charge in [-0.05, 0) is 74.5 Å². The molecule has 2 aromatic rings. The van der Waals surface area contributed by atoms with Crippen LogP contribution in [0.15, 0.2) is 54.7 Å². The molecule has 2 heterocycles. The van der Waals surface area contributed by atoms with Gasteiger partial charge in [0, 0.05) is 36.5 Å². The minimum absolute atomic E-state index is 0.00870. The first kappa shape index (κ1) is 23.8. The maximum absolute atomic E-state index is 12.3. The molecule has 0 radical (unpaired) electrons. The number of allylic oxidation sites excluding steroid dienone is 1. The van der Waals surface area contributed by atoms with Crippen molar-refractivity contribution in [3.8, 4) is 0 Å². The summed E-state index contributed by atoms with van der Waals surface area (Å²) >= 11 is 0. The summed E-state index contributed by atoms with van der Waals surface area (Å²) in [5.41, 5.74) is 1.50. The van der Waals surface area contributed by atoms with Gasteiger partial charge in [-0.1, -0.05) is 6.07 Å². The number of pyridine rings is 1. The summed E-state index contributed by atoms with van der Waals surface area (Å²) in [5, 5.41) is 10.9. The lowest BCUT2D eigenvalue weighted by molar-refractivity contribution is -0.136. The van der Waals surface area contributed by atoms with E-state index >= 15 is 0 Å². The Kier molecular flexibility index (Phi) is 8.84. The third-order valence-corrected chi connectivity index (χ3v) is 5.15. The Hall–Kier alpha value is -3.85. The zero-order chi connectivity index (χ0) is 23.5. The SMILES string of the molecule is O=C(NCCNC(=O)C1CCNCC1)C(=O)Nc1ccc(C(=O)C=Cc2ccccn2)cc1. The van der Waals surface area contributed by atoms with E-state index in [1.807, 2.05) is 6.07 Å². The highest BCUT2D eigenvalue weighted by Gasteiger charge is 2.20. The quantitative estimate of drug-likeness (QED) is 0.207. The fourth-order valence-electron chi connectivity index (χ4n) is 3.31. The second kappa shape index (κ2) is 12.3. The van der Waals surface area contributed by atoms with E-state index in [9.17, 15) is 19.2 Å². The van der Waals surface area contributed by atoms with Crippen molar-refractivity contribution in [1.82, 2.24) is 20.9 Å². The van der Waals surface area contributed by atoms with Crippen LogP contribution in [0.3, 0.4) is 0 Å². The molecule has 0 aliphatic carbocycles. The van der Waals surface area contributed by atoms with Crippen molar-refractivity contribution >= 4 is 35.3 Å². The third kappa shape index (κ3) is 7.65. The van der Waals surface area contributed by atoms with Gasteiger partial charge in [0.1, 0.15) is 0 Å². The Labute approximate surface area is 192 Å². The van der Waals surface area contributed by atoms with Crippen LogP contribution in [0.25, 0.3) is 6.08 Å². The number of hydrogen-bond acceptors (Lipinski definition) is 6. The number of anilines is 1. The zero-order valence-electron chi connectivity index (χ0n) is 18.2. The van der Waals surface area contributed by atoms with E-state index < -0.39 is 11.8 Å². The van der Waals surface area contributed by atoms with Crippen molar-refractivity contribution in [3.05, 3.63) is 66.0 Å². The molecular weight excluding hydrogens is 422 g/mol. The van der Waals surface area contributed by atoms with Crippen molar-refractivity contribution in [1.29, 1.82) is 0 Å². The summed E-state index contributed by atoms with van der Waals surface area (Å²) < 4.78 is 0. The molecule has 172 valence electrons. The molecule has 9 nitrogen and oxygen atoms in total. The van der Waals surface area contributed by atoms with Gasteiger partial charge in [-0.15, -0.1) is 0 Å². The van der Waals surface area contributed by atoms with Crippen molar-refractivity contribution in [2.75, 3.05) is 31.5 Å². The molecule has 0 spiro atoms. The predicted molar refractivity (Wildman–Crippen MR) is 124 cm³/mol. The number of amides is 3. The van der Waals surface area contributed by atoms with Gasteiger partial charge in [0.25, 0.3) is 0 Å². The highest BCUT2D eigenvalue weighted by atomic mass is 16.2. The highest BCUT2D eigenvalue weighted by Crippen LogP contribution is 2.12. The van der Waals surface area contributed by atoms with E-state index in [-0.39, 0.29) is 30.7 Å². The number of piperidine rings is 1. The maximum atomic E-state index is 12.3. The van der Waals surface area contributed by atoms with Crippen LogP contribution >= 0.6 is 0 Å². The van der Waals surface area contributed by atoms with E-state index in [2.05, 4.69) is 26.3 Å². The van der Waals surface area contributed by atoms with Gasteiger partial charge in [0.05, 0.1) is 5.69 Å². The molecule has 3 rings (SSSR count). The van der Waals surface area contributed by atoms with E-state index in [0.29, 0.717) is 16.9 Å². The highest BCUT2D eigenvalue weighted by molar-refractivity contribution is 6.39. The van der Waals surface area contributed by atoms with Gasteiger partial charge in [-0.3, -0.25) is 24.2 Å². The van der Waals surface area contributed by atoms with Crippen LogP contribution in [0.4, 0.5) is 5.69 Å². The molecule has 0 bridgehead atoms. The van der Waals surface area contributed by atoms with Crippen molar-refractivity contribution in [2.45, 2.75) is 12.8 Å². The summed E-state index contributed by atoms with van der Waals surface area (Å²) in [6, 6.07) is 11.6. The molecule has 4 N–H and O–H groups in total. The summed E-state index contributed by atoms with van der Waals surface area (Å²) in [5.74, 6) is -1.87. The molecular formula is C24H27N5O4. The van der Waals surface area contributed by atoms with Crippen LogP contribution in [-0.4, -0.2) is 54.7 Å². The Morgan fingerprint density at radius 3 is 2.36 bits per heavy atom. The monoisotopic (exact) mass is 449 g/mol. The van der Waals surface area contributed by atoms with E-state index in [0.717, 1.165) is 25.9 Å². The number of hydrogen-bond donors (Lipinski definition) is 4. The van der Waals surface area contributed by atoms with E-state index in [1.165, 1.54) is 6.08 Å². The zero-order valence-corrected chi connectivity index (χ0v) is 18.2. The van der Waals surface area contributed by atoms with Crippen LogP contribution in [0, 0.1) is 5.92 Å². The molecule has 0 saturated carbocycles. The van der Waals surface area contributed by atoms with Gasteiger partial charge in [-0.25, -0.2) is 0 Å². The first-order chi connectivity index (χ1) is 16.0. The lowest BCUT2D eigenvalue weighted by atomic mass is 9.97. The second-order valence-electron chi connectivity index (χ2n) is 7.55. The minimum atomic E-state index is -0.825. The smallest absolute Gasteiger partial charge is 0.313 e. The average molecular weight is 450 g/mol. The first-order valence-electron chi connectivity index (χ1n) is 10.8. The number of carbonyl (C=O) groups excluding carboxylic acids is 4. The molecule has 0 atom stereocenters. The molecule has 1 saturated heterocycles. The topological polar surface area (TPSA) is 129 Å². The third-order valence-electron chi connectivity index (χ3n) is 5.15. The molecule has 1 aromatic heterocycles. The molecule has 1 aliphatic rings. The summed E-state index contributed by atoms with van der Waals surface area (Å²) in [4.78, 5) is 52.5. The lowest BCUT2D eigenvalue weighted by Crippen LogP contribution is -2.43. The first-order valence-corrected chi connectivity index (χ1v) is 10.8. The fraction of sp³-hybridized carbons (Fsp3) is 0.292. The van der Waals surface area contributed by atoms with Crippen LogP contribution in [0.5, 0.6) is 0 Å². The van der Waals surface area contributed by atoms with Crippen LogP contribution in [-0.2, 0) is 14.4 Å². The average Bonchev–Trinajstić information content (AvgIpc) is 2.86. The predicted octanol–water partition coefficient (Wildman–Crippen LogP) is 1.15. The fourth-order valence-corrected chi connectivity index (χ4v) is 3.31. The van der Waals surface area contributed by atoms with E-state index in [4.69, 9.17) is 0 Å². The largest absolute Gasteiger partial charge is 0.354 e. The Morgan fingerprint density at radius 1 is 0.939 bits per heavy atom. The number of ketones is 1. The van der Waals surface area contributed by atoms with Crippen molar-refractivity contribution in [2.24, 2.45) is 5.92 Å². The van der Waals surface area contributed by atoms with Gasteiger partial charge in [0.2, 0.25) is 5.91 Å². The van der Waals surface area contributed by atoms with Crippen molar-refractivity contribution < 1.29 is 19.2 Å². The number of benzene rings is 1. The van der Waals surface area contributed by atoms with Gasteiger partial charge >= 0.3 is 11.8 Å². The summed E-state index contributed by atoms with van der Waals surface area (Å²) in [7, 11) is 0. The maximum Gasteiger partial charge on any atom is 0.313 e. The van der Waals surface area contributed by atoms with Gasteiger partial charge in [0.15, 0.2) is 5.78 Å². The van der Waals surface area contributed by atoms with E-state index in [1.54, 1.807) is 48.7 Å². The normalized spacial score (nSPS) is 13.9. The molecule has 0 unspecified atom stereocenters. The molecule has 1 fully saturated rings. The van der Waals surface area contributed by atoms with Crippen LogP contribution in [0.2, 0.25) is 0 Å². The number of rotatable bonds is 8. The summed E-state index contributed by atoms with van der Waals surface area (Å²) in [6.45, 7) is 2.06. The Balaban J connectivity index is 1.39.